The summed E-state index contributed by atoms with van der Waals surface area (Å²) < 4.78 is 0. The second kappa shape index (κ2) is 6.10. The highest BCUT2D eigenvalue weighted by Gasteiger charge is 2.17. The lowest BCUT2D eigenvalue weighted by Gasteiger charge is -2.35. The molecule has 2 rings (SSSR count). The van der Waals surface area contributed by atoms with E-state index in [4.69, 9.17) is 0 Å². The van der Waals surface area contributed by atoms with Crippen LogP contribution in [0.4, 0.5) is 0 Å². The average Bonchev–Trinajstić information content (AvgIpc) is 2.32. The molecule has 1 N–H and O–H groups in total. The third-order valence-corrected chi connectivity index (χ3v) is 3.10. The van der Waals surface area contributed by atoms with Crippen LogP contribution in [0, 0.1) is 0 Å². The van der Waals surface area contributed by atoms with E-state index in [2.05, 4.69) is 20.9 Å². The van der Waals surface area contributed by atoms with E-state index in [9.17, 15) is 5.11 Å². The number of piperazine rings is 1. The topological polar surface area (TPSA) is 39.6 Å². The molecule has 0 amide bonds. The third kappa shape index (κ3) is 4.07. The van der Waals surface area contributed by atoms with Crippen LogP contribution < -0.4 is 0 Å². The van der Waals surface area contributed by atoms with Crippen molar-refractivity contribution in [2.45, 2.75) is 19.6 Å². The molecule has 1 unspecified atom stereocenters. The molecule has 0 radical (unpaired) electrons. The van der Waals surface area contributed by atoms with E-state index in [-0.39, 0.29) is 6.10 Å². The number of aliphatic hydroxyl groups is 1. The van der Waals surface area contributed by atoms with Gasteiger partial charge in [0.15, 0.2) is 0 Å². The Morgan fingerprint density at radius 2 is 1.94 bits per heavy atom. The van der Waals surface area contributed by atoms with Gasteiger partial charge in [-0.2, -0.15) is 0 Å². The van der Waals surface area contributed by atoms with Crippen molar-refractivity contribution in [2.75, 3.05) is 32.7 Å². The summed E-state index contributed by atoms with van der Waals surface area (Å²) in [4.78, 5) is 9.08. The van der Waals surface area contributed by atoms with Crippen molar-refractivity contribution < 1.29 is 5.11 Å². The molecule has 1 fully saturated rings. The molecule has 94 valence electrons. The van der Waals surface area contributed by atoms with Crippen LogP contribution in [0.15, 0.2) is 24.4 Å². The molecule has 0 aliphatic carbocycles. The maximum Gasteiger partial charge on any atom is 0.0639 e. The number of rotatable bonds is 4. The van der Waals surface area contributed by atoms with Gasteiger partial charge < -0.3 is 5.11 Å². The first kappa shape index (κ1) is 12.5. The van der Waals surface area contributed by atoms with Crippen molar-refractivity contribution in [2.24, 2.45) is 0 Å². The molecule has 0 saturated carbocycles. The summed E-state index contributed by atoms with van der Waals surface area (Å²) in [6.07, 6.45) is 1.62. The third-order valence-electron chi connectivity index (χ3n) is 3.10. The summed E-state index contributed by atoms with van der Waals surface area (Å²) in [5.74, 6) is 0. The first-order valence-electron chi connectivity index (χ1n) is 6.27. The van der Waals surface area contributed by atoms with Crippen molar-refractivity contribution in [1.82, 2.24) is 14.8 Å². The minimum atomic E-state index is -0.225. The second-order valence-corrected chi connectivity index (χ2v) is 4.75. The van der Waals surface area contributed by atoms with Gasteiger partial charge in [0, 0.05) is 45.5 Å². The Bertz CT molecular complexity index is 321. The Kier molecular flexibility index (Phi) is 4.48. The smallest absolute Gasteiger partial charge is 0.0639 e. The molecule has 1 saturated heterocycles. The molecule has 4 heteroatoms. The van der Waals surface area contributed by atoms with Gasteiger partial charge in [-0.25, -0.2) is 0 Å². The largest absolute Gasteiger partial charge is 0.392 e. The van der Waals surface area contributed by atoms with E-state index in [1.165, 1.54) is 0 Å². The second-order valence-electron chi connectivity index (χ2n) is 4.75. The fourth-order valence-electron chi connectivity index (χ4n) is 2.22. The van der Waals surface area contributed by atoms with Crippen molar-refractivity contribution in [3.63, 3.8) is 0 Å². The van der Waals surface area contributed by atoms with E-state index >= 15 is 0 Å². The summed E-state index contributed by atoms with van der Waals surface area (Å²) in [7, 11) is 0. The van der Waals surface area contributed by atoms with Crippen LogP contribution in [0.2, 0.25) is 0 Å². The Hall–Kier alpha value is -0.970. The molecule has 4 nitrogen and oxygen atoms in total. The lowest BCUT2D eigenvalue weighted by Crippen LogP contribution is -2.47. The number of hydrogen-bond donors (Lipinski definition) is 1. The van der Waals surface area contributed by atoms with Gasteiger partial charge in [-0.15, -0.1) is 0 Å². The maximum atomic E-state index is 9.34. The zero-order chi connectivity index (χ0) is 12.1. The lowest BCUT2D eigenvalue weighted by atomic mass is 10.2. The van der Waals surface area contributed by atoms with Gasteiger partial charge in [0.2, 0.25) is 0 Å². The first-order valence-corrected chi connectivity index (χ1v) is 6.27. The molecule has 1 aliphatic heterocycles. The quantitative estimate of drug-likeness (QED) is 0.828. The Morgan fingerprint density at radius 3 is 2.53 bits per heavy atom. The van der Waals surface area contributed by atoms with Gasteiger partial charge in [0.25, 0.3) is 0 Å². The van der Waals surface area contributed by atoms with Gasteiger partial charge in [-0.05, 0) is 19.1 Å². The first-order chi connectivity index (χ1) is 8.24. The van der Waals surface area contributed by atoms with Crippen LogP contribution in [-0.4, -0.2) is 58.7 Å². The van der Waals surface area contributed by atoms with Crippen molar-refractivity contribution in [1.29, 1.82) is 0 Å². The fraction of sp³-hybridized carbons (Fsp3) is 0.615. The summed E-state index contributed by atoms with van der Waals surface area (Å²) in [6, 6.07) is 6.05. The maximum absolute atomic E-state index is 9.34. The summed E-state index contributed by atoms with van der Waals surface area (Å²) in [5.41, 5.74) is 1.14. The van der Waals surface area contributed by atoms with Crippen LogP contribution in [0.3, 0.4) is 0 Å². The van der Waals surface area contributed by atoms with Gasteiger partial charge in [0.1, 0.15) is 0 Å². The van der Waals surface area contributed by atoms with Crippen molar-refractivity contribution >= 4 is 0 Å². The summed E-state index contributed by atoms with van der Waals surface area (Å²) >= 11 is 0. The zero-order valence-electron chi connectivity index (χ0n) is 10.4. The normalized spacial score (nSPS) is 20.4. The molecule has 2 heterocycles. The van der Waals surface area contributed by atoms with Gasteiger partial charge in [0.05, 0.1) is 11.8 Å². The number of aliphatic hydroxyl groups excluding tert-OH is 1. The summed E-state index contributed by atoms with van der Waals surface area (Å²) in [6.45, 7) is 7.77. The molecule has 1 aromatic rings. The Labute approximate surface area is 103 Å². The summed E-state index contributed by atoms with van der Waals surface area (Å²) in [5, 5.41) is 9.34. The predicted molar refractivity (Wildman–Crippen MR) is 67.6 cm³/mol. The van der Waals surface area contributed by atoms with Crippen molar-refractivity contribution in [3.8, 4) is 0 Å². The number of β-amino-alcohol motifs (C(OH)–C–C–N with tert-alkyl or cyclic N) is 1. The van der Waals surface area contributed by atoms with E-state index in [1.807, 2.05) is 25.3 Å². The van der Waals surface area contributed by atoms with E-state index < -0.39 is 0 Å². The molecule has 17 heavy (non-hydrogen) atoms. The molecule has 1 aliphatic rings. The average molecular weight is 235 g/mol. The molecule has 0 bridgehead atoms. The number of nitrogens with zero attached hydrogens (tertiary/aromatic N) is 3. The zero-order valence-corrected chi connectivity index (χ0v) is 10.4. The van der Waals surface area contributed by atoms with E-state index in [1.54, 1.807) is 0 Å². The van der Waals surface area contributed by atoms with Crippen LogP contribution in [0.1, 0.15) is 12.6 Å². The van der Waals surface area contributed by atoms with Gasteiger partial charge >= 0.3 is 0 Å². The highest BCUT2D eigenvalue weighted by atomic mass is 16.3. The van der Waals surface area contributed by atoms with Crippen LogP contribution in [0.25, 0.3) is 0 Å². The van der Waals surface area contributed by atoms with Gasteiger partial charge in [-0.1, -0.05) is 6.07 Å². The number of pyridine rings is 1. The van der Waals surface area contributed by atoms with Crippen LogP contribution in [0.5, 0.6) is 0 Å². The number of hydrogen-bond acceptors (Lipinski definition) is 4. The lowest BCUT2D eigenvalue weighted by molar-refractivity contribution is 0.0776. The number of aromatic nitrogens is 1. The predicted octanol–water partition coefficient (Wildman–Crippen LogP) is 0.580. The standard InChI is InChI=1S/C13H21N3O/c1-12(17)10-15-6-8-16(9-7-15)11-13-4-2-3-5-14-13/h2-5,12,17H,6-11H2,1H3. The van der Waals surface area contributed by atoms with Crippen molar-refractivity contribution in [3.05, 3.63) is 30.1 Å². The fourth-order valence-corrected chi connectivity index (χ4v) is 2.22. The van der Waals surface area contributed by atoms with Crippen LogP contribution in [-0.2, 0) is 6.54 Å². The Morgan fingerprint density at radius 1 is 1.24 bits per heavy atom. The minimum Gasteiger partial charge on any atom is -0.392 e. The molecular formula is C13H21N3O. The van der Waals surface area contributed by atoms with Gasteiger partial charge in [-0.3, -0.25) is 14.8 Å². The monoisotopic (exact) mass is 235 g/mol. The van der Waals surface area contributed by atoms with Crippen LogP contribution >= 0.6 is 0 Å². The highest BCUT2D eigenvalue weighted by molar-refractivity contribution is 5.03. The highest BCUT2D eigenvalue weighted by Crippen LogP contribution is 2.06. The molecule has 1 aromatic heterocycles. The molecule has 0 spiro atoms. The SMILES string of the molecule is CC(O)CN1CCN(Cc2ccccn2)CC1. The van der Waals surface area contributed by atoms with E-state index in [0.29, 0.717) is 0 Å². The molecular weight excluding hydrogens is 214 g/mol. The molecule has 0 aromatic carbocycles. The molecule has 1 atom stereocenters. The van der Waals surface area contributed by atoms with E-state index in [0.717, 1.165) is 45.0 Å². The minimum absolute atomic E-state index is 0.225. The Balaban J connectivity index is 1.76.